The van der Waals surface area contributed by atoms with Crippen molar-refractivity contribution in [2.24, 2.45) is 0 Å². The molecular weight excluding hydrogens is 358 g/mol. The summed E-state index contributed by atoms with van der Waals surface area (Å²) in [6, 6.07) is 19.1. The van der Waals surface area contributed by atoms with Gasteiger partial charge in [-0.2, -0.15) is 0 Å². The summed E-state index contributed by atoms with van der Waals surface area (Å²) in [5.41, 5.74) is 4.79. The third-order valence-corrected chi connectivity index (χ3v) is 5.69. The van der Waals surface area contributed by atoms with Gasteiger partial charge in [0, 0.05) is 5.69 Å². The largest absolute Gasteiger partial charge is 0.340 e. The molecule has 0 saturated heterocycles. The minimum Gasteiger partial charge on any atom is -0.340 e. The first-order valence-electron chi connectivity index (χ1n) is 8.77. The van der Waals surface area contributed by atoms with Gasteiger partial charge in [-0.05, 0) is 55.2 Å². The van der Waals surface area contributed by atoms with Crippen LogP contribution in [-0.4, -0.2) is 19.2 Å². The molecule has 0 radical (unpaired) electrons. The minimum atomic E-state index is -3.43. The minimum absolute atomic E-state index is 0.0273. The molecule has 0 bridgehead atoms. The molecule has 140 valence electrons. The normalized spacial score (nSPS) is 11.2. The van der Waals surface area contributed by atoms with Crippen molar-refractivity contribution in [1.82, 2.24) is 4.98 Å². The van der Waals surface area contributed by atoms with Crippen LogP contribution < -0.4 is 10.0 Å². The maximum Gasteiger partial charge on any atom is 0.233 e. The summed E-state index contributed by atoms with van der Waals surface area (Å²) >= 11 is 0. The first-order chi connectivity index (χ1) is 12.9. The number of nitrogens with one attached hydrogen (secondary N) is 2. The van der Waals surface area contributed by atoms with Gasteiger partial charge in [0.05, 0.1) is 17.6 Å². The molecule has 0 aliphatic rings. The van der Waals surface area contributed by atoms with E-state index in [4.69, 9.17) is 0 Å². The highest BCUT2D eigenvalue weighted by atomic mass is 32.2. The fraction of sp³-hybridized carbons (Fsp3) is 0.190. The fourth-order valence-electron chi connectivity index (χ4n) is 2.68. The molecule has 0 amide bonds. The summed E-state index contributed by atoms with van der Waals surface area (Å²) in [5, 5.41) is 3.26. The average Bonchev–Trinajstić information content (AvgIpc) is 2.66. The molecule has 6 heteroatoms. The third-order valence-electron chi connectivity index (χ3n) is 4.41. The number of nitrogens with zero attached hydrogens (tertiary/aromatic N) is 1. The molecule has 27 heavy (non-hydrogen) atoms. The second-order valence-corrected chi connectivity index (χ2v) is 8.30. The van der Waals surface area contributed by atoms with E-state index in [-0.39, 0.29) is 5.75 Å². The molecule has 2 aromatic carbocycles. The van der Waals surface area contributed by atoms with Crippen molar-refractivity contribution < 1.29 is 8.42 Å². The highest BCUT2D eigenvalue weighted by molar-refractivity contribution is 7.92. The van der Waals surface area contributed by atoms with Crippen LogP contribution in [0.15, 0.2) is 66.9 Å². The monoisotopic (exact) mass is 381 g/mol. The van der Waals surface area contributed by atoms with E-state index in [0.717, 1.165) is 16.8 Å². The Morgan fingerprint density at radius 3 is 2.41 bits per heavy atom. The number of rotatable bonds is 7. The Balaban J connectivity index is 1.62. The first kappa shape index (κ1) is 18.9. The molecule has 0 aliphatic heterocycles. The molecule has 0 fully saturated rings. The molecule has 3 aromatic rings. The van der Waals surface area contributed by atoms with Gasteiger partial charge in [-0.1, -0.05) is 42.5 Å². The van der Waals surface area contributed by atoms with Gasteiger partial charge in [0.25, 0.3) is 0 Å². The van der Waals surface area contributed by atoms with Gasteiger partial charge in [0.2, 0.25) is 10.0 Å². The van der Waals surface area contributed by atoms with Gasteiger partial charge < -0.3 is 5.32 Å². The number of aromatic nitrogens is 1. The Morgan fingerprint density at radius 1 is 0.926 bits per heavy atom. The number of pyridine rings is 1. The van der Waals surface area contributed by atoms with E-state index in [1.165, 1.54) is 11.8 Å². The lowest BCUT2D eigenvalue weighted by molar-refractivity contribution is 0.600. The van der Waals surface area contributed by atoms with Gasteiger partial charge in [-0.3, -0.25) is 4.72 Å². The maximum absolute atomic E-state index is 12.3. The van der Waals surface area contributed by atoms with E-state index in [2.05, 4.69) is 28.0 Å². The molecule has 2 N–H and O–H groups in total. The van der Waals surface area contributed by atoms with Crippen LogP contribution in [0.4, 0.5) is 17.2 Å². The van der Waals surface area contributed by atoms with Crippen molar-refractivity contribution in [3.05, 3.63) is 83.6 Å². The molecule has 0 unspecified atom stereocenters. The fourth-order valence-corrected chi connectivity index (χ4v) is 3.77. The van der Waals surface area contributed by atoms with E-state index in [1.807, 2.05) is 49.4 Å². The highest BCUT2D eigenvalue weighted by Crippen LogP contribution is 2.22. The van der Waals surface area contributed by atoms with E-state index in [1.54, 1.807) is 12.1 Å². The number of sulfonamides is 1. The van der Waals surface area contributed by atoms with E-state index in [9.17, 15) is 8.42 Å². The lowest BCUT2D eigenvalue weighted by Crippen LogP contribution is -2.18. The molecule has 5 nitrogen and oxygen atoms in total. The van der Waals surface area contributed by atoms with Crippen LogP contribution >= 0.6 is 0 Å². The summed E-state index contributed by atoms with van der Waals surface area (Å²) < 4.78 is 27.1. The SMILES string of the molecule is Cc1cccc(Nc2ccc(NS(=O)(=O)CCc3ccccc3)cn2)c1C. The van der Waals surface area contributed by atoms with Crippen molar-refractivity contribution >= 4 is 27.2 Å². The highest BCUT2D eigenvalue weighted by Gasteiger charge is 2.11. The van der Waals surface area contributed by atoms with Crippen LogP contribution in [0.2, 0.25) is 0 Å². The van der Waals surface area contributed by atoms with E-state index < -0.39 is 10.0 Å². The molecule has 0 spiro atoms. The smallest absolute Gasteiger partial charge is 0.233 e. The second-order valence-electron chi connectivity index (χ2n) is 6.46. The Morgan fingerprint density at radius 2 is 1.70 bits per heavy atom. The van der Waals surface area contributed by atoms with Crippen LogP contribution in [0.3, 0.4) is 0 Å². The van der Waals surface area contributed by atoms with Crippen molar-refractivity contribution in [2.45, 2.75) is 20.3 Å². The first-order valence-corrected chi connectivity index (χ1v) is 10.4. The maximum atomic E-state index is 12.3. The van der Waals surface area contributed by atoms with Gasteiger partial charge in [0.15, 0.2) is 0 Å². The lowest BCUT2D eigenvalue weighted by Gasteiger charge is -2.12. The molecule has 0 aliphatic carbocycles. The molecule has 0 saturated carbocycles. The number of benzene rings is 2. The molecule has 1 aromatic heterocycles. The van der Waals surface area contributed by atoms with E-state index >= 15 is 0 Å². The summed E-state index contributed by atoms with van der Waals surface area (Å²) in [4.78, 5) is 4.31. The number of anilines is 3. The lowest BCUT2D eigenvalue weighted by atomic mass is 10.1. The zero-order chi connectivity index (χ0) is 19.3. The van der Waals surface area contributed by atoms with Crippen LogP contribution in [0.25, 0.3) is 0 Å². The van der Waals surface area contributed by atoms with Crippen molar-refractivity contribution in [3.8, 4) is 0 Å². The van der Waals surface area contributed by atoms with Gasteiger partial charge >= 0.3 is 0 Å². The number of hydrogen-bond donors (Lipinski definition) is 2. The Bertz CT molecular complexity index is 1000. The van der Waals surface area contributed by atoms with Crippen molar-refractivity contribution in [1.29, 1.82) is 0 Å². The predicted octanol–water partition coefficient (Wildman–Crippen LogP) is 4.43. The zero-order valence-electron chi connectivity index (χ0n) is 15.4. The van der Waals surface area contributed by atoms with Gasteiger partial charge in [-0.15, -0.1) is 0 Å². The predicted molar refractivity (Wildman–Crippen MR) is 111 cm³/mol. The molecule has 3 rings (SSSR count). The van der Waals surface area contributed by atoms with Gasteiger partial charge in [0.1, 0.15) is 5.82 Å². The summed E-state index contributed by atoms with van der Waals surface area (Å²) in [6.45, 7) is 4.11. The van der Waals surface area contributed by atoms with Crippen LogP contribution in [0.5, 0.6) is 0 Å². The van der Waals surface area contributed by atoms with Crippen LogP contribution in [0, 0.1) is 13.8 Å². The standard InChI is InChI=1S/C21H23N3O2S/c1-16-7-6-10-20(17(16)2)23-21-12-11-19(15-22-21)24-27(25,26)14-13-18-8-4-3-5-9-18/h3-12,15,24H,13-14H2,1-2H3,(H,22,23). The zero-order valence-corrected chi connectivity index (χ0v) is 16.3. The Hall–Kier alpha value is -2.86. The average molecular weight is 382 g/mol. The number of hydrogen-bond acceptors (Lipinski definition) is 4. The summed E-state index contributed by atoms with van der Waals surface area (Å²) in [7, 11) is -3.43. The molecule has 1 heterocycles. The Labute approximate surface area is 160 Å². The van der Waals surface area contributed by atoms with Crippen LogP contribution in [0.1, 0.15) is 16.7 Å². The topological polar surface area (TPSA) is 71.1 Å². The Kier molecular flexibility index (Phi) is 5.76. The van der Waals surface area contributed by atoms with Gasteiger partial charge in [-0.25, -0.2) is 13.4 Å². The summed E-state index contributed by atoms with van der Waals surface area (Å²) in [6.07, 6.45) is 1.99. The second kappa shape index (κ2) is 8.22. The molecular formula is C21H23N3O2S. The third kappa shape index (κ3) is 5.31. The molecule has 0 atom stereocenters. The van der Waals surface area contributed by atoms with Crippen molar-refractivity contribution in [2.75, 3.05) is 15.8 Å². The van der Waals surface area contributed by atoms with Crippen molar-refractivity contribution in [3.63, 3.8) is 0 Å². The van der Waals surface area contributed by atoms with Crippen LogP contribution in [-0.2, 0) is 16.4 Å². The number of aryl methyl sites for hydroxylation is 2. The quantitative estimate of drug-likeness (QED) is 0.635. The summed E-state index contributed by atoms with van der Waals surface area (Å²) in [5.74, 6) is 0.690. The van der Waals surface area contributed by atoms with E-state index in [0.29, 0.717) is 17.9 Å².